The Kier molecular flexibility index (Phi) is 4.67. The molecule has 1 rings (SSSR count). The third-order valence-corrected chi connectivity index (χ3v) is 2.31. The van der Waals surface area contributed by atoms with Gasteiger partial charge < -0.3 is 15.7 Å². The lowest BCUT2D eigenvalue weighted by Crippen LogP contribution is -2.38. The fourth-order valence-electron chi connectivity index (χ4n) is 1.43. The molecule has 18 heavy (non-hydrogen) atoms. The molecule has 5 heteroatoms. The number of carbonyl (C=O) groups is 1. The highest BCUT2D eigenvalue weighted by atomic mass is 19.1. The van der Waals surface area contributed by atoms with E-state index in [1.165, 1.54) is 12.1 Å². The number of hydrogen-bond acceptors (Lipinski definition) is 3. The van der Waals surface area contributed by atoms with Crippen molar-refractivity contribution < 1.29 is 14.3 Å². The van der Waals surface area contributed by atoms with Gasteiger partial charge in [0, 0.05) is 18.6 Å². The average molecular weight is 254 g/mol. The topological polar surface area (TPSA) is 61.4 Å². The lowest BCUT2D eigenvalue weighted by atomic mass is 10.1. The molecule has 0 saturated heterocycles. The molecule has 0 saturated carbocycles. The molecule has 0 spiro atoms. The van der Waals surface area contributed by atoms with Gasteiger partial charge in [-0.05, 0) is 39.0 Å². The number of anilines is 1. The highest BCUT2D eigenvalue weighted by Crippen LogP contribution is 2.15. The van der Waals surface area contributed by atoms with Crippen LogP contribution in [0.5, 0.6) is 0 Å². The second-order valence-electron chi connectivity index (χ2n) is 5.10. The maximum Gasteiger partial charge on any atom is 0.335 e. The maximum atomic E-state index is 13.4. The zero-order chi connectivity index (χ0) is 13.8. The van der Waals surface area contributed by atoms with Gasteiger partial charge in [0.2, 0.25) is 0 Å². The van der Waals surface area contributed by atoms with Crippen LogP contribution in [-0.4, -0.2) is 29.7 Å². The molecular weight excluding hydrogens is 235 g/mol. The van der Waals surface area contributed by atoms with E-state index in [1.54, 1.807) is 0 Å². The first-order valence-electron chi connectivity index (χ1n) is 5.81. The third kappa shape index (κ3) is 4.71. The quantitative estimate of drug-likeness (QED) is 0.706. The second kappa shape index (κ2) is 5.82. The zero-order valence-corrected chi connectivity index (χ0v) is 10.9. The predicted octanol–water partition coefficient (Wildman–Crippen LogP) is 2.32. The van der Waals surface area contributed by atoms with Gasteiger partial charge in [-0.25, -0.2) is 9.18 Å². The van der Waals surface area contributed by atoms with Crippen LogP contribution in [0.1, 0.15) is 31.1 Å². The molecule has 0 aliphatic carbocycles. The Balaban J connectivity index is 2.56. The molecule has 0 atom stereocenters. The zero-order valence-electron chi connectivity index (χ0n) is 10.9. The van der Waals surface area contributed by atoms with Gasteiger partial charge in [0.25, 0.3) is 0 Å². The van der Waals surface area contributed by atoms with E-state index < -0.39 is 11.8 Å². The molecular formula is C13H19FN2O2. The van der Waals surface area contributed by atoms with Crippen molar-refractivity contribution in [2.45, 2.75) is 26.3 Å². The predicted molar refractivity (Wildman–Crippen MR) is 69.6 cm³/mol. The van der Waals surface area contributed by atoms with Gasteiger partial charge in [0.15, 0.2) is 0 Å². The van der Waals surface area contributed by atoms with Gasteiger partial charge in [0.05, 0.1) is 11.3 Å². The highest BCUT2D eigenvalue weighted by molar-refractivity contribution is 5.88. The Morgan fingerprint density at radius 1 is 1.33 bits per heavy atom. The highest BCUT2D eigenvalue weighted by Gasteiger charge is 2.09. The van der Waals surface area contributed by atoms with Crippen LogP contribution in [-0.2, 0) is 0 Å². The first kappa shape index (κ1) is 14.4. The Morgan fingerprint density at radius 2 is 2.00 bits per heavy atom. The molecule has 1 aromatic rings. The largest absolute Gasteiger partial charge is 0.478 e. The second-order valence-corrected chi connectivity index (χ2v) is 5.10. The number of aromatic carboxylic acids is 1. The van der Waals surface area contributed by atoms with Crippen molar-refractivity contribution in [2.24, 2.45) is 0 Å². The van der Waals surface area contributed by atoms with E-state index in [1.807, 2.05) is 20.8 Å². The Hall–Kier alpha value is -1.62. The van der Waals surface area contributed by atoms with Crippen molar-refractivity contribution >= 4 is 11.7 Å². The smallest absolute Gasteiger partial charge is 0.335 e. The SMILES string of the molecule is CC(C)(C)NCCNc1cc(C(=O)O)ccc1F. The molecule has 0 aliphatic heterocycles. The molecule has 100 valence electrons. The summed E-state index contributed by atoms with van der Waals surface area (Å²) in [5, 5.41) is 14.9. The van der Waals surface area contributed by atoms with Crippen LogP contribution in [0.2, 0.25) is 0 Å². The van der Waals surface area contributed by atoms with E-state index >= 15 is 0 Å². The van der Waals surface area contributed by atoms with E-state index in [-0.39, 0.29) is 16.8 Å². The van der Waals surface area contributed by atoms with Crippen molar-refractivity contribution in [3.63, 3.8) is 0 Å². The number of halogens is 1. The van der Waals surface area contributed by atoms with Crippen LogP contribution in [0.4, 0.5) is 10.1 Å². The molecule has 0 aromatic heterocycles. The average Bonchev–Trinajstić information content (AvgIpc) is 2.24. The number of carboxylic acid groups (broad SMARTS) is 1. The summed E-state index contributed by atoms with van der Waals surface area (Å²) >= 11 is 0. The number of nitrogens with one attached hydrogen (secondary N) is 2. The summed E-state index contributed by atoms with van der Waals surface area (Å²) in [7, 11) is 0. The molecule has 0 radical (unpaired) electrons. The van der Waals surface area contributed by atoms with Gasteiger partial charge in [-0.15, -0.1) is 0 Å². The summed E-state index contributed by atoms with van der Waals surface area (Å²) in [5.74, 6) is -1.51. The Bertz CT molecular complexity index is 427. The van der Waals surface area contributed by atoms with Crippen LogP contribution in [0, 0.1) is 5.82 Å². The molecule has 0 bridgehead atoms. The summed E-state index contributed by atoms with van der Waals surface area (Å²) in [5.41, 5.74) is 0.289. The molecule has 0 unspecified atom stereocenters. The summed E-state index contributed by atoms with van der Waals surface area (Å²) in [6.07, 6.45) is 0. The number of hydrogen-bond donors (Lipinski definition) is 3. The molecule has 0 aliphatic rings. The summed E-state index contributed by atoms with van der Waals surface area (Å²) < 4.78 is 13.4. The van der Waals surface area contributed by atoms with Gasteiger partial charge in [-0.2, -0.15) is 0 Å². The van der Waals surface area contributed by atoms with Crippen LogP contribution in [0.15, 0.2) is 18.2 Å². The molecule has 4 nitrogen and oxygen atoms in total. The van der Waals surface area contributed by atoms with Crippen LogP contribution in [0.25, 0.3) is 0 Å². The minimum Gasteiger partial charge on any atom is -0.478 e. The number of rotatable bonds is 5. The first-order valence-corrected chi connectivity index (χ1v) is 5.81. The van der Waals surface area contributed by atoms with Crippen molar-refractivity contribution in [1.82, 2.24) is 5.32 Å². The van der Waals surface area contributed by atoms with Crippen molar-refractivity contribution in [2.75, 3.05) is 18.4 Å². The fourth-order valence-corrected chi connectivity index (χ4v) is 1.43. The molecule has 1 aromatic carbocycles. The summed E-state index contributed by atoms with van der Waals surface area (Å²) in [4.78, 5) is 10.8. The molecule has 3 N–H and O–H groups in total. The maximum absolute atomic E-state index is 13.4. The van der Waals surface area contributed by atoms with Crippen molar-refractivity contribution in [3.05, 3.63) is 29.6 Å². The van der Waals surface area contributed by atoms with Crippen molar-refractivity contribution in [3.8, 4) is 0 Å². The fraction of sp³-hybridized carbons (Fsp3) is 0.462. The van der Waals surface area contributed by atoms with Gasteiger partial charge in [-0.3, -0.25) is 0 Å². The molecule has 0 fully saturated rings. The normalized spacial score (nSPS) is 11.3. The van der Waals surface area contributed by atoms with Crippen LogP contribution < -0.4 is 10.6 Å². The van der Waals surface area contributed by atoms with Gasteiger partial charge in [0.1, 0.15) is 5.82 Å². The first-order chi connectivity index (χ1) is 8.29. The van der Waals surface area contributed by atoms with Gasteiger partial charge >= 0.3 is 5.97 Å². The lowest BCUT2D eigenvalue weighted by molar-refractivity contribution is 0.0697. The van der Waals surface area contributed by atoms with Crippen molar-refractivity contribution in [1.29, 1.82) is 0 Å². The summed E-state index contributed by atoms with van der Waals surface area (Å²) in [6.45, 7) is 7.31. The van der Waals surface area contributed by atoms with E-state index in [2.05, 4.69) is 10.6 Å². The van der Waals surface area contributed by atoms with E-state index in [9.17, 15) is 9.18 Å². The minimum absolute atomic E-state index is 0.00311. The van der Waals surface area contributed by atoms with Crippen LogP contribution in [0.3, 0.4) is 0 Å². The molecule has 0 heterocycles. The van der Waals surface area contributed by atoms with Crippen LogP contribution >= 0.6 is 0 Å². The Morgan fingerprint density at radius 3 is 2.56 bits per heavy atom. The Labute approximate surface area is 106 Å². The van der Waals surface area contributed by atoms with E-state index in [4.69, 9.17) is 5.11 Å². The third-order valence-electron chi connectivity index (χ3n) is 2.31. The standard InChI is InChI=1S/C13H19FN2O2/c1-13(2,3)16-7-6-15-11-8-9(12(17)18)4-5-10(11)14/h4-5,8,15-16H,6-7H2,1-3H3,(H,17,18). The minimum atomic E-state index is -1.06. The summed E-state index contributed by atoms with van der Waals surface area (Å²) in [6, 6.07) is 3.70. The lowest BCUT2D eigenvalue weighted by Gasteiger charge is -2.20. The molecule has 0 amide bonds. The number of benzene rings is 1. The van der Waals surface area contributed by atoms with Gasteiger partial charge in [-0.1, -0.05) is 0 Å². The van der Waals surface area contributed by atoms with E-state index in [0.29, 0.717) is 13.1 Å². The monoisotopic (exact) mass is 254 g/mol. The number of carboxylic acids is 1. The van der Waals surface area contributed by atoms with E-state index in [0.717, 1.165) is 6.07 Å².